The number of hydrogen-bond acceptors (Lipinski definition) is 5. The molecule has 0 aliphatic rings. The summed E-state index contributed by atoms with van der Waals surface area (Å²) in [5, 5.41) is 2.44. The zero-order valence-electron chi connectivity index (χ0n) is 12.6. The summed E-state index contributed by atoms with van der Waals surface area (Å²) in [5.74, 6) is 0. The zero-order valence-corrected chi connectivity index (χ0v) is 13.4. The summed E-state index contributed by atoms with van der Waals surface area (Å²) < 4.78 is 26.8. The highest BCUT2D eigenvalue weighted by molar-refractivity contribution is 7.89. The van der Waals surface area contributed by atoms with Crippen molar-refractivity contribution >= 4 is 10.0 Å². The lowest BCUT2D eigenvalue weighted by molar-refractivity contribution is 0.364. The van der Waals surface area contributed by atoms with Gasteiger partial charge >= 0.3 is 0 Å². The normalized spacial score (nSPS) is 15.2. The number of hydrogen-bond donors (Lipinski definition) is 1. The van der Waals surface area contributed by atoms with Crippen LogP contribution in [0.1, 0.15) is 38.1 Å². The standard InChI is InChI=1S/C13H24N4O2S/c1-5-12(14-4)10-17(6-2)20(18,19)11(3)13-9-15-7-8-16-13/h7-9,11-12,14H,5-6,10H2,1-4H3/t11-,12-/m1/s1. The van der Waals surface area contributed by atoms with Crippen LogP contribution in [0.15, 0.2) is 18.6 Å². The van der Waals surface area contributed by atoms with Crippen LogP contribution in [-0.4, -0.2) is 48.9 Å². The van der Waals surface area contributed by atoms with E-state index in [9.17, 15) is 8.42 Å². The Morgan fingerprint density at radius 2 is 2.05 bits per heavy atom. The van der Waals surface area contributed by atoms with E-state index < -0.39 is 15.3 Å². The molecule has 0 radical (unpaired) electrons. The van der Waals surface area contributed by atoms with E-state index in [1.165, 1.54) is 22.9 Å². The van der Waals surface area contributed by atoms with E-state index in [2.05, 4.69) is 15.3 Å². The molecule has 1 heterocycles. The number of likely N-dealkylation sites (N-methyl/N-ethyl adjacent to an activating group) is 2. The van der Waals surface area contributed by atoms with Crippen LogP contribution in [-0.2, 0) is 10.0 Å². The van der Waals surface area contributed by atoms with Gasteiger partial charge in [-0.25, -0.2) is 12.7 Å². The molecular weight excluding hydrogens is 276 g/mol. The number of nitrogens with zero attached hydrogens (tertiary/aromatic N) is 3. The van der Waals surface area contributed by atoms with Gasteiger partial charge in [0, 0.05) is 37.7 Å². The fourth-order valence-electron chi connectivity index (χ4n) is 1.98. The average molecular weight is 300 g/mol. The first-order valence-corrected chi connectivity index (χ1v) is 8.39. The average Bonchev–Trinajstić information content (AvgIpc) is 2.48. The molecule has 2 atom stereocenters. The lowest BCUT2D eigenvalue weighted by atomic mass is 10.2. The molecule has 1 N–H and O–H groups in total. The van der Waals surface area contributed by atoms with Gasteiger partial charge in [-0.15, -0.1) is 0 Å². The Balaban J connectivity index is 2.94. The third-order valence-corrected chi connectivity index (χ3v) is 5.75. The Labute approximate surface area is 121 Å². The summed E-state index contributed by atoms with van der Waals surface area (Å²) in [5.41, 5.74) is 0.475. The van der Waals surface area contributed by atoms with Gasteiger partial charge in [0.1, 0.15) is 5.25 Å². The van der Waals surface area contributed by atoms with E-state index in [1.54, 1.807) is 6.92 Å². The molecule has 7 heteroatoms. The summed E-state index contributed by atoms with van der Waals surface area (Å²) >= 11 is 0. The van der Waals surface area contributed by atoms with Crippen LogP contribution < -0.4 is 5.32 Å². The summed E-state index contributed by atoms with van der Waals surface area (Å²) in [4.78, 5) is 8.04. The summed E-state index contributed by atoms with van der Waals surface area (Å²) in [6.45, 7) is 6.46. The highest BCUT2D eigenvalue weighted by Crippen LogP contribution is 2.23. The van der Waals surface area contributed by atoms with Gasteiger partial charge in [0.2, 0.25) is 10.0 Å². The van der Waals surface area contributed by atoms with Crippen molar-refractivity contribution in [3.05, 3.63) is 24.3 Å². The summed E-state index contributed by atoms with van der Waals surface area (Å²) in [7, 11) is -1.58. The van der Waals surface area contributed by atoms with E-state index in [4.69, 9.17) is 0 Å². The Bertz CT molecular complexity index is 488. The lowest BCUT2D eigenvalue weighted by Crippen LogP contribution is -2.43. The van der Waals surface area contributed by atoms with Crippen molar-refractivity contribution in [3.63, 3.8) is 0 Å². The zero-order chi connectivity index (χ0) is 15.2. The molecule has 0 fully saturated rings. The second kappa shape index (κ2) is 7.66. The Kier molecular flexibility index (Phi) is 6.51. The first-order chi connectivity index (χ1) is 9.47. The van der Waals surface area contributed by atoms with Crippen molar-refractivity contribution < 1.29 is 8.42 Å². The van der Waals surface area contributed by atoms with Crippen LogP contribution in [0.3, 0.4) is 0 Å². The van der Waals surface area contributed by atoms with Gasteiger partial charge in [-0.05, 0) is 20.4 Å². The molecule has 0 saturated heterocycles. The molecule has 0 saturated carbocycles. The summed E-state index contributed by atoms with van der Waals surface area (Å²) in [6, 6.07) is 0.152. The second-order valence-electron chi connectivity index (χ2n) is 4.66. The Morgan fingerprint density at radius 3 is 2.50 bits per heavy atom. The van der Waals surface area contributed by atoms with E-state index in [0.29, 0.717) is 18.8 Å². The van der Waals surface area contributed by atoms with Gasteiger partial charge in [0.15, 0.2) is 0 Å². The Morgan fingerprint density at radius 1 is 1.35 bits per heavy atom. The quantitative estimate of drug-likeness (QED) is 0.780. The molecule has 0 aliphatic carbocycles. The number of aromatic nitrogens is 2. The van der Waals surface area contributed by atoms with E-state index >= 15 is 0 Å². The third kappa shape index (κ3) is 3.97. The van der Waals surface area contributed by atoms with Gasteiger partial charge in [0.25, 0.3) is 0 Å². The molecule has 0 spiro atoms. The van der Waals surface area contributed by atoms with Crippen LogP contribution in [0.25, 0.3) is 0 Å². The van der Waals surface area contributed by atoms with Gasteiger partial charge in [0.05, 0.1) is 5.69 Å². The van der Waals surface area contributed by atoms with Crippen molar-refractivity contribution in [2.24, 2.45) is 0 Å². The molecule has 0 bridgehead atoms. The Hall–Kier alpha value is -1.05. The smallest absolute Gasteiger partial charge is 0.222 e. The maximum Gasteiger partial charge on any atom is 0.222 e. The highest BCUT2D eigenvalue weighted by atomic mass is 32.2. The van der Waals surface area contributed by atoms with Gasteiger partial charge in [-0.2, -0.15) is 0 Å². The van der Waals surface area contributed by atoms with Crippen LogP contribution in [0, 0.1) is 0 Å². The monoisotopic (exact) mass is 300 g/mol. The predicted octanol–water partition coefficient (Wildman–Crippen LogP) is 1.19. The van der Waals surface area contributed by atoms with Crippen molar-refractivity contribution in [3.8, 4) is 0 Å². The fourth-order valence-corrected chi connectivity index (χ4v) is 3.60. The predicted molar refractivity (Wildman–Crippen MR) is 79.8 cm³/mol. The topological polar surface area (TPSA) is 75.2 Å². The SMILES string of the molecule is CC[C@H](CN(CC)S(=O)(=O)[C@H](C)c1cnccn1)NC. The molecule has 0 aliphatic heterocycles. The first-order valence-electron chi connectivity index (χ1n) is 6.89. The van der Waals surface area contributed by atoms with Crippen molar-refractivity contribution in [2.45, 2.75) is 38.5 Å². The van der Waals surface area contributed by atoms with Crippen LogP contribution in [0.5, 0.6) is 0 Å². The van der Waals surface area contributed by atoms with Gasteiger partial charge < -0.3 is 5.32 Å². The molecule has 1 aromatic rings. The van der Waals surface area contributed by atoms with Gasteiger partial charge in [-0.1, -0.05) is 13.8 Å². The van der Waals surface area contributed by atoms with E-state index in [1.807, 2.05) is 20.9 Å². The van der Waals surface area contributed by atoms with Crippen LogP contribution in [0.4, 0.5) is 0 Å². The molecule has 114 valence electrons. The minimum Gasteiger partial charge on any atom is -0.316 e. The van der Waals surface area contributed by atoms with Crippen LogP contribution in [0.2, 0.25) is 0 Å². The minimum absolute atomic E-state index is 0.152. The lowest BCUT2D eigenvalue weighted by Gasteiger charge is -2.27. The van der Waals surface area contributed by atoms with E-state index in [-0.39, 0.29) is 6.04 Å². The molecule has 0 unspecified atom stereocenters. The van der Waals surface area contributed by atoms with Crippen molar-refractivity contribution in [1.82, 2.24) is 19.6 Å². The first kappa shape index (κ1) is 17.0. The molecule has 20 heavy (non-hydrogen) atoms. The second-order valence-corrected chi connectivity index (χ2v) is 6.92. The molecule has 1 rings (SSSR count). The molecular formula is C13H24N4O2S. The highest BCUT2D eigenvalue weighted by Gasteiger charge is 2.31. The maximum absolute atomic E-state index is 12.7. The van der Waals surface area contributed by atoms with Crippen molar-refractivity contribution in [1.29, 1.82) is 0 Å². The number of nitrogens with one attached hydrogen (secondary N) is 1. The molecule has 6 nitrogen and oxygen atoms in total. The molecule has 1 aromatic heterocycles. The van der Waals surface area contributed by atoms with E-state index in [0.717, 1.165) is 6.42 Å². The van der Waals surface area contributed by atoms with Gasteiger partial charge in [-0.3, -0.25) is 9.97 Å². The number of rotatable bonds is 8. The van der Waals surface area contributed by atoms with Crippen LogP contribution >= 0.6 is 0 Å². The molecule has 0 amide bonds. The molecule has 0 aromatic carbocycles. The minimum atomic E-state index is -3.43. The summed E-state index contributed by atoms with van der Waals surface area (Å²) in [6.07, 6.45) is 5.43. The third-order valence-electron chi connectivity index (χ3n) is 3.48. The number of sulfonamides is 1. The maximum atomic E-state index is 12.7. The largest absolute Gasteiger partial charge is 0.316 e. The van der Waals surface area contributed by atoms with Crippen molar-refractivity contribution in [2.75, 3.05) is 20.1 Å². The fraction of sp³-hybridized carbons (Fsp3) is 0.692.